The molecule has 23 heavy (non-hydrogen) atoms. The number of anilines is 1. The molecule has 5 heteroatoms. The van der Waals surface area contributed by atoms with Crippen LogP contribution in [0.1, 0.15) is 34.6 Å². The molecule has 0 saturated carbocycles. The van der Waals surface area contributed by atoms with Crippen LogP contribution < -0.4 is 5.32 Å². The lowest BCUT2D eigenvalue weighted by atomic mass is 10.0. The molecule has 0 aliphatic carbocycles. The van der Waals surface area contributed by atoms with Crippen molar-refractivity contribution in [1.82, 2.24) is 14.9 Å². The second-order valence-corrected chi connectivity index (χ2v) is 6.12. The highest BCUT2D eigenvalue weighted by molar-refractivity contribution is 5.92. The number of amides is 1. The van der Waals surface area contributed by atoms with E-state index in [0.717, 1.165) is 37.3 Å². The Morgan fingerprint density at radius 2 is 1.96 bits per heavy atom. The Morgan fingerprint density at radius 3 is 2.61 bits per heavy atom. The average molecular weight is 310 g/mol. The number of rotatable bonds is 3. The molecular weight excluding hydrogens is 288 g/mol. The number of carbonyl (C=O) groups excluding carboxylic acids is 1. The van der Waals surface area contributed by atoms with Gasteiger partial charge in [0.25, 0.3) is 5.91 Å². The van der Waals surface area contributed by atoms with E-state index >= 15 is 0 Å². The van der Waals surface area contributed by atoms with Crippen molar-refractivity contribution in [1.29, 1.82) is 0 Å². The lowest BCUT2D eigenvalue weighted by molar-refractivity contribution is 0.0712. The van der Waals surface area contributed by atoms with Crippen LogP contribution in [-0.2, 0) is 0 Å². The van der Waals surface area contributed by atoms with Crippen LogP contribution in [0, 0.1) is 13.8 Å². The number of hydrogen-bond acceptors (Lipinski definition) is 4. The standard InChI is InChI=1S/C18H22N4O/c1-13-4-3-5-16(10-13)21-15-6-8-22(9-7-15)18(23)17-12-19-14(2)11-20-17/h3-5,10-12,15,21H,6-9H2,1-2H3. The molecule has 5 nitrogen and oxygen atoms in total. The predicted octanol–water partition coefficient (Wildman–Crippen LogP) is 2.81. The molecule has 0 unspecified atom stereocenters. The van der Waals surface area contributed by atoms with Crippen LogP contribution in [0.25, 0.3) is 0 Å². The Labute approximate surface area is 136 Å². The fraction of sp³-hybridized carbons (Fsp3) is 0.389. The van der Waals surface area contributed by atoms with Gasteiger partial charge in [0, 0.05) is 31.0 Å². The van der Waals surface area contributed by atoms with Gasteiger partial charge in [-0.25, -0.2) is 4.98 Å². The molecule has 2 heterocycles. The summed E-state index contributed by atoms with van der Waals surface area (Å²) in [7, 11) is 0. The van der Waals surface area contributed by atoms with Gasteiger partial charge in [0.1, 0.15) is 5.69 Å². The third-order valence-corrected chi connectivity index (χ3v) is 4.17. The molecule has 0 radical (unpaired) electrons. The average Bonchev–Trinajstić information content (AvgIpc) is 2.56. The zero-order valence-electron chi connectivity index (χ0n) is 13.6. The SMILES string of the molecule is Cc1cccc(NC2CCN(C(=O)c3cnc(C)cn3)CC2)c1. The number of aromatic nitrogens is 2. The molecule has 1 aromatic heterocycles. The first-order valence-corrected chi connectivity index (χ1v) is 8.03. The molecule has 1 aromatic carbocycles. The maximum absolute atomic E-state index is 12.4. The van der Waals surface area contributed by atoms with Crippen LogP contribution in [0.5, 0.6) is 0 Å². The second kappa shape index (κ2) is 6.77. The van der Waals surface area contributed by atoms with Crippen LogP contribution in [-0.4, -0.2) is 39.9 Å². The number of nitrogens with zero attached hydrogens (tertiary/aromatic N) is 3. The molecule has 1 aliphatic heterocycles. The molecule has 1 fully saturated rings. The van der Waals surface area contributed by atoms with Crippen molar-refractivity contribution in [2.24, 2.45) is 0 Å². The summed E-state index contributed by atoms with van der Waals surface area (Å²) in [5.74, 6) is -0.0218. The van der Waals surface area contributed by atoms with Crippen molar-refractivity contribution in [3.8, 4) is 0 Å². The normalized spacial score (nSPS) is 15.5. The van der Waals surface area contributed by atoms with E-state index in [2.05, 4.69) is 46.5 Å². The van der Waals surface area contributed by atoms with E-state index < -0.39 is 0 Å². The van der Waals surface area contributed by atoms with E-state index in [0.29, 0.717) is 11.7 Å². The molecule has 120 valence electrons. The first-order valence-electron chi connectivity index (χ1n) is 8.03. The molecule has 0 atom stereocenters. The number of carbonyl (C=O) groups is 1. The fourth-order valence-electron chi connectivity index (χ4n) is 2.86. The van der Waals surface area contributed by atoms with E-state index in [-0.39, 0.29) is 5.91 Å². The number of aryl methyl sites for hydroxylation is 2. The van der Waals surface area contributed by atoms with Crippen LogP contribution in [0.2, 0.25) is 0 Å². The largest absolute Gasteiger partial charge is 0.382 e. The van der Waals surface area contributed by atoms with Crippen molar-refractivity contribution >= 4 is 11.6 Å². The first kappa shape index (κ1) is 15.5. The summed E-state index contributed by atoms with van der Waals surface area (Å²) in [4.78, 5) is 22.6. The van der Waals surface area contributed by atoms with Crippen molar-refractivity contribution in [3.63, 3.8) is 0 Å². The van der Waals surface area contributed by atoms with E-state index in [1.165, 1.54) is 5.56 Å². The molecule has 3 rings (SSSR count). The maximum atomic E-state index is 12.4. The van der Waals surface area contributed by atoms with Crippen molar-refractivity contribution < 1.29 is 4.79 Å². The monoisotopic (exact) mass is 310 g/mol. The summed E-state index contributed by atoms with van der Waals surface area (Å²) in [6.45, 7) is 5.45. The highest BCUT2D eigenvalue weighted by atomic mass is 16.2. The van der Waals surface area contributed by atoms with Gasteiger partial charge in [0.15, 0.2) is 0 Å². The van der Waals surface area contributed by atoms with E-state index in [1.807, 2.05) is 11.8 Å². The third-order valence-electron chi connectivity index (χ3n) is 4.17. The smallest absolute Gasteiger partial charge is 0.274 e. The Morgan fingerprint density at radius 1 is 1.17 bits per heavy atom. The van der Waals surface area contributed by atoms with E-state index in [9.17, 15) is 4.79 Å². The minimum atomic E-state index is -0.0218. The molecule has 1 aliphatic rings. The summed E-state index contributed by atoms with van der Waals surface area (Å²) < 4.78 is 0. The number of piperidine rings is 1. The molecule has 0 bridgehead atoms. The Balaban J connectivity index is 1.55. The van der Waals surface area contributed by atoms with Crippen LogP contribution >= 0.6 is 0 Å². The molecule has 1 amide bonds. The third kappa shape index (κ3) is 3.86. The number of nitrogens with one attached hydrogen (secondary N) is 1. The second-order valence-electron chi connectivity index (χ2n) is 6.12. The molecule has 1 N–H and O–H groups in total. The number of hydrogen-bond donors (Lipinski definition) is 1. The topological polar surface area (TPSA) is 58.1 Å². The van der Waals surface area contributed by atoms with Gasteiger partial charge in [0.2, 0.25) is 0 Å². The Bertz CT molecular complexity index is 676. The minimum Gasteiger partial charge on any atom is -0.382 e. The van der Waals surface area contributed by atoms with Crippen LogP contribution in [0.3, 0.4) is 0 Å². The Kier molecular flexibility index (Phi) is 4.55. The van der Waals surface area contributed by atoms with Crippen molar-refractivity contribution in [2.45, 2.75) is 32.7 Å². The maximum Gasteiger partial charge on any atom is 0.274 e. The summed E-state index contributed by atoms with van der Waals surface area (Å²) in [6.07, 6.45) is 5.09. The summed E-state index contributed by atoms with van der Waals surface area (Å²) in [5, 5.41) is 3.56. The van der Waals surface area contributed by atoms with Crippen LogP contribution in [0.15, 0.2) is 36.7 Å². The first-order chi connectivity index (χ1) is 11.1. The van der Waals surface area contributed by atoms with Gasteiger partial charge in [-0.3, -0.25) is 9.78 Å². The molecule has 2 aromatic rings. The van der Waals surface area contributed by atoms with Crippen molar-refractivity contribution in [3.05, 3.63) is 53.6 Å². The number of likely N-dealkylation sites (tertiary alicyclic amines) is 1. The highest BCUT2D eigenvalue weighted by Gasteiger charge is 2.24. The van der Waals surface area contributed by atoms with Gasteiger partial charge in [-0.15, -0.1) is 0 Å². The predicted molar refractivity (Wildman–Crippen MR) is 90.5 cm³/mol. The summed E-state index contributed by atoms with van der Waals surface area (Å²) in [5.41, 5.74) is 3.66. The molecule has 1 saturated heterocycles. The zero-order valence-corrected chi connectivity index (χ0v) is 13.6. The Hall–Kier alpha value is -2.43. The van der Waals surface area contributed by atoms with Gasteiger partial charge < -0.3 is 10.2 Å². The lowest BCUT2D eigenvalue weighted by Crippen LogP contribution is -2.42. The van der Waals surface area contributed by atoms with Gasteiger partial charge in [-0.1, -0.05) is 12.1 Å². The minimum absolute atomic E-state index is 0.0218. The summed E-state index contributed by atoms with van der Waals surface area (Å²) >= 11 is 0. The highest BCUT2D eigenvalue weighted by Crippen LogP contribution is 2.18. The fourth-order valence-corrected chi connectivity index (χ4v) is 2.86. The van der Waals surface area contributed by atoms with Gasteiger partial charge >= 0.3 is 0 Å². The van der Waals surface area contributed by atoms with Gasteiger partial charge in [-0.2, -0.15) is 0 Å². The van der Waals surface area contributed by atoms with Crippen molar-refractivity contribution in [2.75, 3.05) is 18.4 Å². The van der Waals surface area contributed by atoms with E-state index in [1.54, 1.807) is 12.4 Å². The quantitative estimate of drug-likeness (QED) is 0.947. The zero-order chi connectivity index (χ0) is 16.2. The van der Waals surface area contributed by atoms with Gasteiger partial charge in [0.05, 0.1) is 11.9 Å². The molecule has 0 spiro atoms. The lowest BCUT2D eigenvalue weighted by Gasteiger charge is -2.32. The number of benzene rings is 1. The molecular formula is C18H22N4O. The van der Waals surface area contributed by atoms with Gasteiger partial charge in [-0.05, 0) is 44.4 Å². The summed E-state index contributed by atoms with van der Waals surface area (Å²) in [6, 6.07) is 8.80. The van der Waals surface area contributed by atoms with E-state index in [4.69, 9.17) is 0 Å². The van der Waals surface area contributed by atoms with Crippen LogP contribution in [0.4, 0.5) is 5.69 Å².